The van der Waals surface area contributed by atoms with Gasteiger partial charge in [0.2, 0.25) is 0 Å². The summed E-state index contributed by atoms with van der Waals surface area (Å²) in [6, 6.07) is 16.7. The standard InChI is InChI=1S/C27H28F3N3O3S/c1-19-13-15-33(16-14-19)18-20-5-7-21(8-6-20)26(34)31-23-9-11-25(12-10-23)37(35,36)32-24-4-2-3-22(17-24)27(28,29)30/h2-12,17,19,32H,13-16,18H2,1H3,(H,31,34). The monoisotopic (exact) mass is 531 g/mol. The van der Waals surface area contributed by atoms with Crippen molar-refractivity contribution in [3.8, 4) is 0 Å². The van der Waals surface area contributed by atoms with Gasteiger partial charge >= 0.3 is 6.18 Å². The van der Waals surface area contributed by atoms with E-state index in [0.29, 0.717) is 11.3 Å². The molecule has 1 fully saturated rings. The van der Waals surface area contributed by atoms with Gasteiger partial charge in [0.25, 0.3) is 15.9 Å². The molecule has 10 heteroatoms. The Bertz CT molecular complexity index is 1330. The minimum atomic E-state index is -4.59. The van der Waals surface area contributed by atoms with E-state index < -0.39 is 21.8 Å². The van der Waals surface area contributed by atoms with Gasteiger partial charge < -0.3 is 5.32 Å². The average Bonchev–Trinajstić information content (AvgIpc) is 2.85. The van der Waals surface area contributed by atoms with Crippen molar-refractivity contribution in [3.63, 3.8) is 0 Å². The number of alkyl halides is 3. The third-order valence-corrected chi connectivity index (χ3v) is 7.76. The molecule has 4 rings (SSSR count). The largest absolute Gasteiger partial charge is 0.416 e. The lowest BCUT2D eigenvalue weighted by Gasteiger charge is -2.30. The van der Waals surface area contributed by atoms with E-state index in [9.17, 15) is 26.4 Å². The Balaban J connectivity index is 1.36. The minimum Gasteiger partial charge on any atom is -0.322 e. The fraction of sp³-hybridized carbons (Fsp3) is 0.296. The maximum absolute atomic E-state index is 12.9. The Kier molecular flexibility index (Phi) is 7.89. The van der Waals surface area contributed by atoms with Gasteiger partial charge in [0.1, 0.15) is 0 Å². The second-order valence-electron chi connectivity index (χ2n) is 9.32. The first kappa shape index (κ1) is 26.7. The number of carbonyl (C=O) groups is 1. The number of anilines is 2. The van der Waals surface area contributed by atoms with Gasteiger partial charge in [-0.05, 0) is 92.0 Å². The van der Waals surface area contributed by atoms with Gasteiger partial charge in [-0.25, -0.2) is 8.42 Å². The number of benzene rings is 3. The summed E-state index contributed by atoms with van der Waals surface area (Å²) in [7, 11) is -4.13. The third kappa shape index (κ3) is 7.11. The van der Waals surface area contributed by atoms with Gasteiger partial charge in [-0.1, -0.05) is 25.1 Å². The second kappa shape index (κ2) is 10.9. The molecule has 0 spiro atoms. The number of hydrogen-bond donors (Lipinski definition) is 2. The van der Waals surface area contributed by atoms with Crippen LogP contribution in [0.5, 0.6) is 0 Å². The van der Waals surface area contributed by atoms with Crippen LogP contribution in [0.15, 0.2) is 77.7 Å². The number of nitrogens with zero attached hydrogens (tertiary/aromatic N) is 1. The van der Waals surface area contributed by atoms with Gasteiger partial charge in [0.15, 0.2) is 0 Å². The van der Waals surface area contributed by atoms with Crippen LogP contribution >= 0.6 is 0 Å². The van der Waals surface area contributed by atoms with E-state index in [-0.39, 0.29) is 16.5 Å². The Morgan fingerprint density at radius 1 is 0.946 bits per heavy atom. The summed E-state index contributed by atoms with van der Waals surface area (Å²) in [4.78, 5) is 14.9. The van der Waals surface area contributed by atoms with Crippen LogP contribution in [0.1, 0.15) is 41.3 Å². The predicted octanol–water partition coefficient (Wildman–Crippen LogP) is 5.99. The molecule has 1 aliphatic rings. The molecule has 0 radical (unpaired) electrons. The molecule has 1 amide bonds. The first-order valence-corrected chi connectivity index (χ1v) is 13.4. The number of halogens is 3. The summed E-state index contributed by atoms with van der Waals surface area (Å²) in [6.45, 7) is 5.27. The lowest BCUT2D eigenvalue weighted by molar-refractivity contribution is -0.137. The number of likely N-dealkylation sites (tertiary alicyclic amines) is 1. The summed E-state index contributed by atoms with van der Waals surface area (Å²) < 4.78 is 66.1. The van der Waals surface area contributed by atoms with Crippen molar-refractivity contribution >= 4 is 27.3 Å². The lowest BCUT2D eigenvalue weighted by atomic mass is 9.99. The van der Waals surface area contributed by atoms with E-state index in [0.717, 1.165) is 49.3 Å². The smallest absolute Gasteiger partial charge is 0.322 e. The molecule has 3 aromatic rings. The number of amides is 1. The molecule has 1 heterocycles. The SMILES string of the molecule is CC1CCN(Cc2ccc(C(=O)Nc3ccc(S(=O)(=O)Nc4cccc(C(F)(F)F)c4)cc3)cc2)CC1. The zero-order valence-electron chi connectivity index (χ0n) is 20.3. The number of sulfonamides is 1. The van der Waals surface area contributed by atoms with Crippen LogP contribution in [0.25, 0.3) is 0 Å². The highest BCUT2D eigenvalue weighted by molar-refractivity contribution is 7.92. The van der Waals surface area contributed by atoms with E-state index in [2.05, 4.69) is 21.9 Å². The molecule has 6 nitrogen and oxygen atoms in total. The van der Waals surface area contributed by atoms with Crippen molar-refractivity contribution in [2.75, 3.05) is 23.1 Å². The van der Waals surface area contributed by atoms with Gasteiger partial charge in [-0.3, -0.25) is 14.4 Å². The molecule has 0 unspecified atom stereocenters. The average molecular weight is 532 g/mol. The summed E-state index contributed by atoms with van der Waals surface area (Å²) in [5.41, 5.74) is 0.827. The van der Waals surface area contributed by atoms with Crippen molar-refractivity contribution < 1.29 is 26.4 Å². The molecular weight excluding hydrogens is 503 g/mol. The number of nitrogens with one attached hydrogen (secondary N) is 2. The topological polar surface area (TPSA) is 78.5 Å². The van der Waals surface area contributed by atoms with Crippen molar-refractivity contribution in [3.05, 3.63) is 89.5 Å². The van der Waals surface area contributed by atoms with E-state index in [1.165, 1.54) is 43.2 Å². The maximum atomic E-state index is 12.9. The Labute approximate surface area is 214 Å². The minimum absolute atomic E-state index is 0.153. The highest BCUT2D eigenvalue weighted by atomic mass is 32.2. The fourth-order valence-corrected chi connectivity index (χ4v) is 5.18. The molecule has 0 aliphatic carbocycles. The van der Waals surface area contributed by atoms with Crippen molar-refractivity contribution in [2.24, 2.45) is 5.92 Å². The highest BCUT2D eigenvalue weighted by Crippen LogP contribution is 2.31. The maximum Gasteiger partial charge on any atom is 0.416 e. The Morgan fingerprint density at radius 2 is 1.59 bits per heavy atom. The Morgan fingerprint density at radius 3 is 2.22 bits per heavy atom. The predicted molar refractivity (Wildman–Crippen MR) is 137 cm³/mol. The zero-order chi connectivity index (χ0) is 26.6. The molecule has 0 bridgehead atoms. The van der Waals surface area contributed by atoms with E-state index in [1.54, 1.807) is 12.1 Å². The highest BCUT2D eigenvalue weighted by Gasteiger charge is 2.30. The van der Waals surface area contributed by atoms with Crippen LogP contribution in [0.2, 0.25) is 0 Å². The quantitative estimate of drug-likeness (QED) is 0.393. The van der Waals surface area contributed by atoms with Crippen molar-refractivity contribution in [1.29, 1.82) is 0 Å². The van der Waals surface area contributed by atoms with E-state index >= 15 is 0 Å². The molecule has 3 aromatic carbocycles. The van der Waals surface area contributed by atoms with Crippen LogP contribution in [0, 0.1) is 5.92 Å². The molecular formula is C27H28F3N3O3S. The summed E-state index contributed by atoms with van der Waals surface area (Å²) in [5.74, 6) is 0.430. The zero-order valence-corrected chi connectivity index (χ0v) is 21.1. The first-order valence-electron chi connectivity index (χ1n) is 11.9. The van der Waals surface area contributed by atoms with Crippen molar-refractivity contribution in [1.82, 2.24) is 4.90 Å². The van der Waals surface area contributed by atoms with Gasteiger partial charge in [0, 0.05) is 23.5 Å². The van der Waals surface area contributed by atoms with Crippen LogP contribution in [0.4, 0.5) is 24.5 Å². The Hall–Kier alpha value is -3.37. The second-order valence-corrected chi connectivity index (χ2v) is 11.0. The summed E-state index contributed by atoms with van der Waals surface area (Å²) in [5, 5.41) is 2.73. The van der Waals surface area contributed by atoms with Crippen molar-refractivity contribution in [2.45, 2.75) is 37.4 Å². The fourth-order valence-electron chi connectivity index (χ4n) is 4.13. The molecule has 1 aliphatic heterocycles. The summed E-state index contributed by atoms with van der Waals surface area (Å²) in [6.07, 6.45) is -2.20. The van der Waals surface area contributed by atoms with E-state index in [4.69, 9.17) is 0 Å². The third-order valence-electron chi connectivity index (χ3n) is 6.36. The van der Waals surface area contributed by atoms with E-state index in [1.807, 2.05) is 12.1 Å². The molecule has 0 aromatic heterocycles. The van der Waals surface area contributed by atoms with Crippen LogP contribution in [0.3, 0.4) is 0 Å². The molecule has 0 saturated carbocycles. The number of piperidine rings is 1. The van der Waals surface area contributed by atoms with Crippen LogP contribution in [-0.4, -0.2) is 32.3 Å². The first-order chi connectivity index (χ1) is 17.5. The molecule has 2 N–H and O–H groups in total. The van der Waals surface area contributed by atoms with Crippen LogP contribution in [-0.2, 0) is 22.7 Å². The molecule has 1 saturated heterocycles. The van der Waals surface area contributed by atoms with Crippen LogP contribution < -0.4 is 10.0 Å². The summed E-state index contributed by atoms with van der Waals surface area (Å²) >= 11 is 0. The van der Waals surface area contributed by atoms with Gasteiger partial charge in [0.05, 0.1) is 10.5 Å². The number of rotatable bonds is 7. The number of carbonyl (C=O) groups excluding carboxylic acids is 1. The number of hydrogen-bond acceptors (Lipinski definition) is 4. The van der Waals surface area contributed by atoms with Gasteiger partial charge in [-0.2, -0.15) is 13.2 Å². The molecule has 196 valence electrons. The molecule has 0 atom stereocenters. The lowest BCUT2D eigenvalue weighted by Crippen LogP contribution is -2.32. The molecule has 37 heavy (non-hydrogen) atoms. The van der Waals surface area contributed by atoms with Gasteiger partial charge in [-0.15, -0.1) is 0 Å². The normalized spacial score (nSPS) is 15.4.